The molecule has 0 aliphatic heterocycles. The minimum Gasteiger partial charge on any atom is -0.310 e. The molecular formula is C14H18BrN3. The van der Waals surface area contributed by atoms with Crippen LogP contribution in [0, 0.1) is 6.92 Å². The van der Waals surface area contributed by atoms with Gasteiger partial charge in [0.15, 0.2) is 0 Å². The first kappa shape index (κ1) is 13.3. The molecule has 18 heavy (non-hydrogen) atoms. The van der Waals surface area contributed by atoms with Gasteiger partial charge in [-0.2, -0.15) is 5.10 Å². The molecule has 0 aliphatic rings. The maximum atomic E-state index is 4.33. The molecule has 1 unspecified atom stereocenters. The van der Waals surface area contributed by atoms with Crippen LogP contribution in [0.5, 0.6) is 0 Å². The Kier molecular flexibility index (Phi) is 4.19. The summed E-state index contributed by atoms with van der Waals surface area (Å²) in [7, 11) is 0. The Morgan fingerprint density at radius 3 is 2.78 bits per heavy atom. The smallest absolute Gasteiger partial charge is 0.0787 e. The first-order valence-electron chi connectivity index (χ1n) is 6.16. The highest BCUT2D eigenvalue weighted by Crippen LogP contribution is 2.25. The summed E-state index contributed by atoms with van der Waals surface area (Å²) in [6.45, 7) is 7.30. The van der Waals surface area contributed by atoms with E-state index in [9.17, 15) is 0 Å². The maximum absolute atomic E-state index is 4.33. The van der Waals surface area contributed by atoms with Crippen LogP contribution in [0.15, 0.2) is 35.1 Å². The lowest BCUT2D eigenvalue weighted by atomic mass is 10.1. The molecule has 2 rings (SSSR count). The van der Waals surface area contributed by atoms with E-state index in [-0.39, 0.29) is 0 Å². The maximum Gasteiger partial charge on any atom is 0.0787 e. The van der Waals surface area contributed by atoms with E-state index in [1.54, 1.807) is 0 Å². The summed E-state index contributed by atoms with van der Waals surface area (Å²) < 4.78 is 2.95. The van der Waals surface area contributed by atoms with Crippen molar-refractivity contribution in [1.29, 1.82) is 0 Å². The Morgan fingerprint density at radius 1 is 1.44 bits per heavy atom. The highest BCUT2D eigenvalue weighted by Gasteiger charge is 2.08. The van der Waals surface area contributed by atoms with Gasteiger partial charge in [0, 0.05) is 16.7 Å². The molecule has 1 aromatic carbocycles. The fraction of sp³-hybridized carbons (Fsp3) is 0.357. The fourth-order valence-electron chi connectivity index (χ4n) is 1.95. The molecule has 0 fully saturated rings. The van der Waals surface area contributed by atoms with Gasteiger partial charge in [-0.1, -0.05) is 13.0 Å². The number of hydrogen-bond acceptors (Lipinski definition) is 2. The number of aryl methyl sites for hydroxylation is 1. The molecule has 0 radical (unpaired) electrons. The normalized spacial score (nSPS) is 12.7. The molecule has 1 N–H and O–H groups in total. The van der Waals surface area contributed by atoms with Crippen molar-refractivity contribution in [3.8, 4) is 5.69 Å². The highest BCUT2D eigenvalue weighted by molar-refractivity contribution is 9.10. The number of nitrogens with zero attached hydrogens (tertiary/aromatic N) is 2. The third-order valence-electron chi connectivity index (χ3n) is 2.94. The summed E-state index contributed by atoms with van der Waals surface area (Å²) in [6.07, 6.45) is 3.88. The third kappa shape index (κ3) is 2.82. The van der Waals surface area contributed by atoms with Crippen molar-refractivity contribution in [3.63, 3.8) is 0 Å². The second kappa shape index (κ2) is 5.67. The van der Waals surface area contributed by atoms with E-state index in [2.05, 4.69) is 58.4 Å². The largest absolute Gasteiger partial charge is 0.310 e. The summed E-state index contributed by atoms with van der Waals surface area (Å²) in [4.78, 5) is 0. The van der Waals surface area contributed by atoms with Crippen LogP contribution in [-0.4, -0.2) is 16.3 Å². The molecule has 1 heterocycles. The number of aromatic nitrogens is 2. The van der Waals surface area contributed by atoms with E-state index in [1.807, 2.05) is 24.0 Å². The predicted octanol–water partition coefficient (Wildman–Crippen LogP) is 3.61. The second-order valence-electron chi connectivity index (χ2n) is 4.45. The Balaban J connectivity index is 2.30. The average molecular weight is 308 g/mol. The summed E-state index contributed by atoms with van der Waals surface area (Å²) in [6, 6.07) is 6.75. The quantitative estimate of drug-likeness (QED) is 0.935. The number of nitrogens with one attached hydrogen (secondary N) is 1. The highest BCUT2D eigenvalue weighted by atomic mass is 79.9. The molecular weight excluding hydrogens is 290 g/mol. The topological polar surface area (TPSA) is 29.9 Å². The van der Waals surface area contributed by atoms with Gasteiger partial charge in [0.05, 0.1) is 11.9 Å². The zero-order chi connectivity index (χ0) is 13.1. The molecule has 0 bridgehead atoms. The van der Waals surface area contributed by atoms with Crippen molar-refractivity contribution in [3.05, 3.63) is 46.2 Å². The Labute approximate surface area is 116 Å². The lowest BCUT2D eigenvalue weighted by Gasteiger charge is -2.14. The molecule has 4 heteroatoms. The van der Waals surface area contributed by atoms with Crippen LogP contribution < -0.4 is 5.32 Å². The number of halogens is 1. The number of benzene rings is 1. The van der Waals surface area contributed by atoms with Gasteiger partial charge >= 0.3 is 0 Å². The molecule has 1 atom stereocenters. The summed E-state index contributed by atoms with van der Waals surface area (Å²) in [5.74, 6) is 0. The van der Waals surface area contributed by atoms with Gasteiger partial charge in [0.2, 0.25) is 0 Å². The molecule has 1 aromatic heterocycles. The summed E-state index contributed by atoms with van der Waals surface area (Å²) in [5, 5.41) is 7.74. The van der Waals surface area contributed by atoms with Crippen LogP contribution in [0.1, 0.15) is 31.0 Å². The van der Waals surface area contributed by atoms with Crippen LogP contribution in [0.25, 0.3) is 5.69 Å². The van der Waals surface area contributed by atoms with Gasteiger partial charge in [-0.3, -0.25) is 0 Å². The Hall–Kier alpha value is -1.13. The zero-order valence-electron chi connectivity index (χ0n) is 10.9. The van der Waals surface area contributed by atoms with Crippen LogP contribution in [-0.2, 0) is 0 Å². The van der Waals surface area contributed by atoms with E-state index in [0.717, 1.165) is 22.3 Å². The zero-order valence-corrected chi connectivity index (χ0v) is 12.5. The first-order chi connectivity index (χ1) is 8.61. The van der Waals surface area contributed by atoms with Gasteiger partial charge in [0.25, 0.3) is 0 Å². The average Bonchev–Trinajstić information content (AvgIpc) is 2.76. The van der Waals surface area contributed by atoms with E-state index >= 15 is 0 Å². The monoisotopic (exact) mass is 307 g/mol. The van der Waals surface area contributed by atoms with Crippen LogP contribution in [0.3, 0.4) is 0 Å². The molecule has 0 amide bonds. The molecule has 2 aromatic rings. The van der Waals surface area contributed by atoms with Crippen molar-refractivity contribution >= 4 is 15.9 Å². The van der Waals surface area contributed by atoms with Crippen molar-refractivity contribution < 1.29 is 0 Å². The summed E-state index contributed by atoms with van der Waals surface area (Å²) in [5.41, 5.74) is 3.50. The van der Waals surface area contributed by atoms with Crippen molar-refractivity contribution in [2.75, 3.05) is 6.54 Å². The standard InChI is InChI=1S/C14H18BrN3/c1-4-16-11(3)12-5-6-14(13(15)7-12)18-9-10(2)8-17-18/h5-9,11,16H,4H2,1-3H3. The van der Waals surface area contributed by atoms with Gasteiger partial charge in [-0.05, 0) is 59.6 Å². The van der Waals surface area contributed by atoms with E-state index < -0.39 is 0 Å². The lowest BCUT2D eigenvalue weighted by molar-refractivity contribution is 0.597. The van der Waals surface area contributed by atoms with Gasteiger partial charge in [-0.15, -0.1) is 0 Å². The van der Waals surface area contributed by atoms with Crippen LogP contribution >= 0.6 is 15.9 Å². The molecule has 0 spiro atoms. The Morgan fingerprint density at radius 2 is 2.22 bits per heavy atom. The predicted molar refractivity (Wildman–Crippen MR) is 78.1 cm³/mol. The van der Waals surface area contributed by atoms with E-state index in [1.165, 1.54) is 5.56 Å². The minimum atomic E-state index is 0.361. The second-order valence-corrected chi connectivity index (χ2v) is 5.31. The Bertz CT molecular complexity index is 534. The lowest BCUT2D eigenvalue weighted by Crippen LogP contribution is -2.17. The van der Waals surface area contributed by atoms with Crippen molar-refractivity contribution in [2.45, 2.75) is 26.8 Å². The summed E-state index contributed by atoms with van der Waals surface area (Å²) >= 11 is 3.62. The van der Waals surface area contributed by atoms with Crippen LogP contribution in [0.2, 0.25) is 0 Å². The van der Waals surface area contributed by atoms with Crippen LogP contribution in [0.4, 0.5) is 0 Å². The molecule has 3 nitrogen and oxygen atoms in total. The van der Waals surface area contributed by atoms with Crippen molar-refractivity contribution in [1.82, 2.24) is 15.1 Å². The minimum absolute atomic E-state index is 0.361. The van der Waals surface area contributed by atoms with E-state index in [0.29, 0.717) is 6.04 Å². The molecule has 0 saturated heterocycles. The third-order valence-corrected chi connectivity index (χ3v) is 3.58. The fourth-order valence-corrected chi connectivity index (χ4v) is 2.53. The first-order valence-corrected chi connectivity index (χ1v) is 6.95. The van der Waals surface area contributed by atoms with Gasteiger partial charge in [-0.25, -0.2) is 4.68 Å². The number of rotatable bonds is 4. The van der Waals surface area contributed by atoms with E-state index in [4.69, 9.17) is 0 Å². The molecule has 0 aliphatic carbocycles. The molecule has 96 valence electrons. The SMILES string of the molecule is CCNC(C)c1ccc(-n2cc(C)cn2)c(Br)c1. The number of hydrogen-bond donors (Lipinski definition) is 1. The van der Waals surface area contributed by atoms with Gasteiger partial charge < -0.3 is 5.32 Å². The van der Waals surface area contributed by atoms with Crippen molar-refractivity contribution in [2.24, 2.45) is 0 Å². The van der Waals surface area contributed by atoms with Gasteiger partial charge in [0.1, 0.15) is 0 Å². The molecule has 0 saturated carbocycles.